The van der Waals surface area contributed by atoms with Crippen molar-refractivity contribution in [2.24, 2.45) is 0 Å². The molecule has 1 rings (SSSR count). The molecule has 0 spiro atoms. The van der Waals surface area contributed by atoms with Crippen LogP contribution in [-0.2, 0) is 20.7 Å². The third-order valence-electron chi connectivity index (χ3n) is 2.35. The number of non-ortho nitro benzene ring substituents is 1. The Labute approximate surface area is 135 Å². The maximum absolute atomic E-state index is 11.4. The fraction of sp³-hybridized carbons (Fsp3) is 0.357. The van der Waals surface area contributed by atoms with Crippen LogP contribution < -0.4 is 4.74 Å². The van der Waals surface area contributed by atoms with Gasteiger partial charge >= 0.3 is 16.3 Å². The standard InChI is InChI=1S/C12H13NO7S.C2H6/c1-3-7-21(17,18)20-12(14)19-11-6-5-10(13(15)16)8-9(11)4-2;1-2/h3,5-6,8H,1,4,7H2,2H3;1-2H3. The Hall–Kier alpha value is -2.42. The van der Waals surface area contributed by atoms with Crippen molar-refractivity contribution in [2.45, 2.75) is 27.2 Å². The number of nitro benzene ring substituents is 1. The quantitative estimate of drug-likeness (QED) is 0.194. The lowest BCUT2D eigenvalue weighted by atomic mass is 10.1. The second-order valence-corrected chi connectivity index (χ2v) is 5.47. The molecule has 23 heavy (non-hydrogen) atoms. The lowest BCUT2D eigenvalue weighted by Crippen LogP contribution is -2.18. The molecule has 0 radical (unpaired) electrons. The normalized spacial score (nSPS) is 10.0. The Balaban J connectivity index is 0.00000232. The van der Waals surface area contributed by atoms with Crippen LogP contribution in [0.5, 0.6) is 5.75 Å². The van der Waals surface area contributed by atoms with E-state index in [1.165, 1.54) is 12.1 Å². The SMILES string of the molecule is C=CCS(=O)(=O)OC(=O)Oc1ccc([N+](=O)[O-])cc1CC.CC. The van der Waals surface area contributed by atoms with Crippen molar-refractivity contribution in [1.82, 2.24) is 0 Å². The summed E-state index contributed by atoms with van der Waals surface area (Å²) in [7, 11) is -4.09. The number of nitro groups is 1. The highest BCUT2D eigenvalue weighted by atomic mass is 32.2. The first-order valence-electron chi connectivity index (χ1n) is 6.81. The molecular weight excluding hydrogens is 326 g/mol. The lowest BCUT2D eigenvalue weighted by molar-refractivity contribution is -0.384. The van der Waals surface area contributed by atoms with E-state index >= 15 is 0 Å². The van der Waals surface area contributed by atoms with Crippen LogP contribution in [0.3, 0.4) is 0 Å². The molecule has 0 bridgehead atoms. The zero-order valence-electron chi connectivity index (χ0n) is 13.1. The summed E-state index contributed by atoms with van der Waals surface area (Å²) in [6.07, 6.45) is -0.0178. The predicted octanol–water partition coefficient (Wildman–Crippen LogP) is 3.21. The van der Waals surface area contributed by atoms with E-state index in [4.69, 9.17) is 4.74 Å². The maximum Gasteiger partial charge on any atom is 0.529 e. The first-order valence-corrected chi connectivity index (χ1v) is 8.39. The first kappa shape index (κ1) is 20.6. The number of hydrogen-bond donors (Lipinski definition) is 0. The van der Waals surface area contributed by atoms with Crippen molar-refractivity contribution in [3.63, 3.8) is 0 Å². The molecule has 0 aliphatic carbocycles. The van der Waals surface area contributed by atoms with Crippen LogP contribution in [0.4, 0.5) is 10.5 Å². The van der Waals surface area contributed by atoms with Gasteiger partial charge in [0.15, 0.2) is 0 Å². The topological polar surface area (TPSA) is 113 Å². The molecule has 128 valence electrons. The molecule has 0 fully saturated rings. The highest BCUT2D eigenvalue weighted by molar-refractivity contribution is 7.87. The molecule has 0 aromatic heterocycles. The number of rotatable bonds is 6. The Morgan fingerprint density at radius 3 is 2.48 bits per heavy atom. The van der Waals surface area contributed by atoms with Gasteiger partial charge in [-0.2, -0.15) is 8.42 Å². The van der Waals surface area contributed by atoms with Crippen LogP contribution in [-0.4, -0.2) is 25.2 Å². The van der Waals surface area contributed by atoms with Gasteiger partial charge in [0.2, 0.25) is 0 Å². The second-order valence-electron chi connectivity index (χ2n) is 3.85. The van der Waals surface area contributed by atoms with Crippen molar-refractivity contribution in [2.75, 3.05) is 5.75 Å². The summed E-state index contributed by atoms with van der Waals surface area (Å²) >= 11 is 0. The van der Waals surface area contributed by atoms with Gasteiger partial charge in [0.25, 0.3) is 5.69 Å². The van der Waals surface area contributed by atoms with Crippen LogP contribution in [0.2, 0.25) is 0 Å². The van der Waals surface area contributed by atoms with Crippen molar-refractivity contribution in [3.05, 3.63) is 46.5 Å². The van der Waals surface area contributed by atoms with E-state index in [0.717, 1.165) is 12.1 Å². The smallest absolute Gasteiger partial charge is 0.394 e. The fourth-order valence-electron chi connectivity index (χ4n) is 1.44. The Morgan fingerprint density at radius 1 is 1.39 bits per heavy atom. The number of ether oxygens (including phenoxy) is 1. The lowest BCUT2D eigenvalue weighted by Gasteiger charge is -2.08. The molecule has 8 nitrogen and oxygen atoms in total. The van der Waals surface area contributed by atoms with Crippen molar-refractivity contribution in [3.8, 4) is 5.75 Å². The number of carbonyl (C=O) groups excluding carboxylic acids is 1. The molecule has 0 heterocycles. The van der Waals surface area contributed by atoms with Crippen LogP contribution in [0.25, 0.3) is 0 Å². The molecule has 0 saturated carbocycles. The zero-order chi connectivity index (χ0) is 18.0. The van der Waals surface area contributed by atoms with Gasteiger partial charge in [-0.1, -0.05) is 26.8 Å². The highest BCUT2D eigenvalue weighted by Crippen LogP contribution is 2.25. The Bertz CT molecular complexity index is 668. The van der Waals surface area contributed by atoms with E-state index in [2.05, 4.69) is 10.8 Å². The van der Waals surface area contributed by atoms with Gasteiger partial charge in [0, 0.05) is 17.7 Å². The first-order chi connectivity index (χ1) is 10.8. The van der Waals surface area contributed by atoms with E-state index in [-0.39, 0.29) is 11.4 Å². The average Bonchev–Trinajstić information content (AvgIpc) is 2.48. The third-order valence-corrected chi connectivity index (χ3v) is 3.38. The summed E-state index contributed by atoms with van der Waals surface area (Å²) in [5, 5.41) is 10.6. The summed E-state index contributed by atoms with van der Waals surface area (Å²) in [5.74, 6) is -0.537. The van der Waals surface area contributed by atoms with Crippen LogP contribution in [0.1, 0.15) is 26.3 Å². The molecule has 0 unspecified atom stereocenters. The van der Waals surface area contributed by atoms with Crippen LogP contribution >= 0.6 is 0 Å². The molecule has 0 atom stereocenters. The molecule has 9 heteroatoms. The highest BCUT2D eigenvalue weighted by Gasteiger charge is 2.19. The van der Waals surface area contributed by atoms with E-state index in [1.807, 2.05) is 13.8 Å². The molecule has 0 aliphatic rings. The van der Waals surface area contributed by atoms with E-state index in [9.17, 15) is 23.3 Å². The van der Waals surface area contributed by atoms with Gasteiger partial charge in [0.1, 0.15) is 11.5 Å². The van der Waals surface area contributed by atoms with Gasteiger partial charge in [-0.15, -0.1) is 6.58 Å². The number of carbonyl (C=O) groups is 1. The van der Waals surface area contributed by atoms with E-state index < -0.39 is 26.9 Å². The number of nitrogens with zero attached hydrogens (tertiary/aromatic N) is 1. The molecule has 0 N–H and O–H groups in total. The minimum atomic E-state index is -4.09. The Kier molecular flexibility index (Phi) is 8.56. The summed E-state index contributed by atoms with van der Waals surface area (Å²) in [6, 6.07) is 3.58. The monoisotopic (exact) mass is 345 g/mol. The summed E-state index contributed by atoms with van der Waals surface area (Å²) in [6.45, 7) is 8.92. The van der Waals surface area contributed by atoms with Crippen LogP contribution in [0.15, 0.2) is 30.9 Å². The predicted molar refractivity (Wildman–Crippen MR) is 84.9 cm³/mol. The van der Waals surface area contributed by atoms with Gasteiger partial charge < -0.3 is 8.92 Å². The summed E-state index contributed by atoms with van der Waals surface area (Å²) in [4.78, 5) is 21.5. The third kappa shape index (κ3) is 6.92. The molecule has 0 saturated heterocycles. The molecule has 1 aromatic carbocycles. The molecular formula is C14H19NO7S. The summed E-state index contributed by atoms with van der Waals surface area (Å²) in [5.41, 5.74) is 0.217. The largest absolute Gasteiger partial charge is 0.529 e. The zero-order valence-corrected chi connectivity index (χ0v) is 14.0. The van der Waals surface area contributed by atoms with Crippen LogP contribution in [0, 0.1) is 10.1 Å². The minimum absolute atomic E-state index is 0.00176. The number of hydrogen-bond acceptors (Lipinski definition) is 7. The van der Waals surface area contributed by atoms with Gasteiger partial charge in [-0.25, -0.2) is 4.79 Å². The summed E-state index contributed by atoms with van der Waals surface area (Å²) < 4.78 is 31.4. The fourth-order valence-corrected chi connectivity index (χ4v) is 2.04. The second kappa shape index (κ2) is 9.57. The molecule has 0 aliphatic heterocycles. The minimum Gasteiger partial charge on any atom is -0.394 e. The molecule has 0 amide bonds. The maximum atomic E-state index is 11.4. The van der Waals surface area contributed by atoms with Crippen molar-refractivity contribution in [1.29, 1.82) is 0 Å². The van der Waals surface area contributed by atoms with E-state index in [0.29, 0.717) is 12.0 Å². The Morgan fingerprint density at radius 2 is 2.00 bits per heavy atom. The number of aryl methyl sites for hydroxylation is 1. The van der Waals surface area contributed by atoms with Crippen molar-refractivity contribution < 1.29 is 27.1 Å². The van der Waals surface area contributed by atoms with Gasteiger partial charge in [-0.05, 0) is 12.5 Å². The van der Waals surface area contributed by atoms with Gasteiger partial charge in [-0.3, -0.25) is 10.1 Å². The van der Waals surface area contributed by atoms with E-state index in [1.54, 1.807) is 6.92 Å². The average molecular weight is 345 g/mol. The number of benzene rings is 1. The van der Waals surface area contributed by atoms with Gasteiger partial charge in [0.05, 0.1) is 4.92 Å². The molecule has 1 aromatic rings. The van der Waals surface area contributed by atoms with Crippen molar-refractivity contribution >= 4 is 22.0 Å².